The van der Waals surface area contributed by atoms with Gasteiger partial charge in [-0.2, -0.15) is 0 Å². The van der Waals surface area contributed by atoms with Gasteiger partial charge in [-0.15, -0.1) is 0 Å². The zero-order valence-electron chi connectivity index (χ0n) is 8.15. The third-order valence-electron chi connectivity index (χ3n) is 2.01. The summed E-state index contributed by atoms with van der Waals surface area (Å²) in [5.41, 5.74) is 0. The zero-order valence-corrected chi connectivity index (χ0v) is 8.15. The van der Waals surface area contributed by atoms with Gasteiger partial charge < -0.3 is 9.30 Å². The van der Waals surface area contributed by atoms with E-state index in [9.17, 15) is 4.79 Å². The summed E-state index contributed by atoms with van der Waals surface area (Å²) in [5.74, 6) is 0.576. The Hall–Kier alpha value is -1.32. The number of aryl methyl sites for hydroxylation is 1. The molecule has 1 atom stereocenters. The fourth-order valence-corrected chi connectivity index (χ4v) is 1.15. The SMILES string of the molecule is COC(=O)C(C)Cc1nccn1C. The van der Waals surface area contributed by atoms with Crippen molar-refractivity contribution in [3.63, 3.8) is 0 Å². The topological polar surface area (TPSA) is 44.1 Å². The molecule has 1 aromatic heterocycles. The summed E-state index contributed by atoms with van der Waals surface area (Å²) >= 11 is 0. The highest BCUT2D eigenvalue weighted by Gasteiger charge is 2.15. The number of carbonyl (C=O) groups is 1. The molecule has 4 nitrogen and oxygen atoms in total. The molecule has 13 heavy (non-hydrogen) atoms. The minimum absolute atomic E-state index is 0.133. The maximum atomic E-state index is 11.1. The molecule has 0 saturated heterocycles. The molecule has 0 fully saturated rings. The Morgan fingerprint density at radius 3 is 2.92 bits per heavy atom. The van der Waals surface area contributed by atoms with Gasteiger partial charge in [0, 0.05) is 25.9 Å². The molecular weight excluding hydrogens is 168 g/mol. The Kier molecular flexibility index (Phi) is 3.06. The zero-order chi connectivity index (χ0) is 9.84. The van der Waals surface area contributed by atoms with E-state index in [1.165, 1.54) is 7.11 Å². The molecule has 0 amide bonds. The normalized spacial score (nSPS) is 12.5. The molecule has 0 aromatic carbocycles. The summed E-state index contributed by atoms with van der Waals surface area (Å²) < 4.78 is 6.53. The Labute approximate surface area is 77.5 Å². The van der Waals surface area contributed by atoms with E-state index >= 15 is 0 Å². The van der Waals surface area contributed by atoms with E-state index in [0.717, 1.165) is 5.82 Å². The summed E-state index contributed by atoms with van der Waals surface area (Å²) in [6, 6.07) is 0. The predicted molar refractivity (Wildman–Crippen MR) is 48.1 cm³/mol. The van der Waals surface area contributed by atoms with E-state index in [1.54, 1.807) is 6.20 Å². The summed E-state index contributed by atoms with van der Waals surface area (Å²) in [5, 5.41) is 0. The number of carbonyl (C=O) groups excluding carboxylic acids is 1. The second-order valence-electron chi connectivity index (χ2n) is 3.08. The highest BCUT2D eigenvalue weighted by molar-refractivity contribution is 5.72. The van der Waals surface area contributed by atoms with Crippen molar-refractivity contribution in [3.05, 3.63) is 18.2 Å². The van der Waals surface area contributed by atoms with Gasteiger partial charge in [0.05, 0.1) is 13.0 Å². The van der Waals surface area contributed by atoms with Crippen molar-refractivity contribution in [2.45, 2.75) is 13.3 Å². The number of esters is 1. The lowest BCUT2D eigenvalue weighted by Gasteiger charge is -2.08. The van der Waals surface area contributed by atoms with Crippen LogP contribution in [0, 0.1) is 5.92 Å². The van der Waals surface area contributed by atoms with Crippen LogP contribution in [0.5, 0.6) is 0 Å². The standard InChI is InChI=1S/C9H14N2O2/c1-7(9(12)13-3)6-8-10-4-5-11(8)2/h4-5,7H,6H2,1-3H3. The predicted octanol–water partition coefficient (Wildman–Crippen LogP) is 0.772. The minimum atomic E-state index is -0.192. The van der Waals surface area contributed by atoms with Gasteiger partial charge in [0.25, 0.3) is 0 Å². The smallest absolute Gasteiger partial charge is 0.308 e. The average molecular weight is 182 g/mol. The van der Waals surface area contributed by atoms with Crippen LogP contribution in [0.2, 0.25) is 0 Å². The third kappa shape index (κ3) is 2.31. The molecule has 0 saturated carbocycles. The van der Waals surface area contributed by atoms with Crippen LogP contribution in [0.1, 0.15) is 12.7 Å². The van der Waals surface area contributed by atoms with Crippen molar-refractivity contribution >= 4 is 5.97 Å². The van der Waals surface area contributed by atoms with E-state index in [2.05, 4.69) is 9.72 Å². The first kappa shape index (κ1) is 9.77. The minimum Gasteiger partial charge on any atom is -0.469 e. The van der Waals surface area contributed by atoms with Crippen molar-refractivity contribution in [1.29, 1.82) is 0 Å². The summed E-state index contributed by atoms with van der Waals surface area (Å²) in [4.78, 5) is 15.2. The van der Waals surface area contributed by atoms with Crippen molar-refractivity contribution in [1.82, 2.24) is 9.55 Å². The van der Waals surface area contributed by atoms with Crippen molar-refractivity contribution in [2.24, 2.45) is 13.0 Å². The summed E-state index contributed by atoms with van der Waals surface area (Å²) in [6.45, 7) is 1.83. The number of ether oxygens (including phenoxy) is 1. The maximum absolute atomic E-state index is 11.1. The van der Waals surface area contributed by atoms with Crippen LogP contribution < -0.4 is 0 Å². The molecule has 1 unspecified atom stereocenters. The van der Waals surface area contributed by atoms with Crippen LogP contribution in [0.25, 0.3) is 0 Å². The second-order valence-corrected chi connectivity index (χ2v) is 3.08. The van der Waals surface area contributed by atoms with E-state index < -0.39 is 0 Å². The molecule has 0 radical (unpaired) electrons. The number of nitrogens with zero attached hydrogens (tertiary/aromatic N) is 2. The van der Waals surface area contributed by atoms with Crippen LogP contribution in [-0.2, 0) is 23.0 Å². The molecule has 0 N–H and O–H groups in total. The largest absolute Gasteiger partial charge is 0.469 e. The average Bonchev–Trinajstić information content (AvgIpc) is 2.50. The molecule has 4 heteroatoms. The van der Waals surface area contributed by atoms with E-state index in [0.29, 0.717) is 6.42 Å². The molecule has 0 aliphatic rings. The lowest BCUT2D eigenvalue weighted by Crippen LogP contribution is -2.17. The maximum Gasteiger partial charge on any atom is 0.308 e. The molecule has 1 heterocycles. The number of imidazole rings is 1. The van der Waals surface area contributed by atoms with Gasteiger partial charge in [-0.3, -0.25) is 4.79 Å². The van der Waals surface area contributed by atoms with E-state index in [4.69, 9.17) is 0 Å². The third-order valence-corrected chi connectivity index (χ3v) is 2.01. The van der Waals surface area contributed by atoms with Gasteiger partial charge >= 0.3 is 5.97 Å². The summed E-state index contributed by atoms with van der Waals surface area (Å²) in [7, 11) is 3.31. The monoisotopic (exact) mass is 182 g/mol. The highest BCUT2D eigenvalue weighted by atomic mass is 16.5. The fraction of sp³-hybridized carbons (Fsp3) is 0.556. The number of rotatable bonds is 3. The number of aromatic nitrogens is 2. The molecule has 0 aliphatic heterocycles. The molecular formula is C9H14N2O2. The molecule has 72 valence electrons. The van der Waals surface area contributed by atoms with E-state index in [1.807, 2.05) is 24.7 Å². The first-order chi connectivity index (χ1) is 6.15. The molecule has 1 rings (SSSR count). The first-order valence-corrected chi connectivity index (χ1v) is 4.19. The van der Waals surface area contributed by atoms with Crippen molar-refractivity contribution in [3.8, 4) is 0 Å². The second kappa shape index (κ2) is 4.07. The number of hydrogen-bond acceptors (Lipinski definition) is 3. The van der Waals surface area contributed by atoms with Crippen molar-refractivity contribution in [2.75, 3.05) is 7.11 Å². The van der Waals surface area contributed by atoms with Gasteiger partial charge in [-0.25, -0.2) is 4.98 Å². The molecule has 0 aliphatic carbocycles. The quantitative estimate of drug-likeness (QED) is 0.648. The van der Waals surface area contributed by atoms with Crippen LogP contribution in [-0.4, -0.2) is 22.6 Å². The fourth-order valence-electron chi connectivity index (χ4n) is 1.15. The Morgan fingerprint density at radius 2 is 2.46 bits per heavy atom. The molecule has 0 bridgehead atoms. The van der Waals surface area contributed by atoms with Gasteiger partial charge in [-0.05, 0) is 0 Å². The number of methoxy groups -OCH3 is 1. The van der Waals surface area contributed by atoms with Crippen LogP contribution in [0.4, 0.5) is 0 Å². The summed E-state index contributed by atoms with van der Waals surface area (Å²) in [6.07, 6.45) is 4.20. The van der Waals surface area contributed by atoms with Gasteiger partial charge in [0.15, 0.2) is 0 Å². The van der Waals surface area contributed by atoms with Crippen LogP contribution >= 0.6 is 0 Å². The lowest BCUT2D eigenvalue weighted by molar-refractivity contribution is -0.144. The van der Waals surface area contributed by atoms with E-state index in [-0.39, 0.29) is 11.9 Å². The van der Waals surface area contributed by atoms with Crippen LogP contribution in [0.15, 0.2) is 12.4 Å². The van der Waals surface area contributed by atoms with Crippen LogP contribution in [0.3, 0.4) is 0 Å². The number of hydrogen-bond donors (Lipinski definition) is 0. The molecule has 1 aromatic rings. The Morgan fingerprint density at radius 1 is 1.77 bits per heavy atom. The van der Waals surface area contributed by atoms with Gasteiger partial charge in [0.2, 0.25) is 0 Å². The Bertz CT molecular complexity index is 294. The highest BCUT2D eigenvalue weighted by Crippen LogP contribution is 2.06. The first-order valence-electron chi connectivity index (χ1n) is 4.19. The van der Waals surface area contributed by atoms with Gasteiger partial charge in [-0.1, -0.05) is 6.92 Å². The lowest BCUT2D eigenvalue weighted by atomic mass is 10.1. The van der Waals surface area contributed by atoms with Crippen molar-refractivity contribution < 1.29 is 9.53 Å². The van der Waals surface area contributed by atoms with Gasteiger partial charge in [0.1, 0.15) is 5.82 Å². The Balaban J connectivity index is 2.59. The molecule has 0 spiro atoms.